The molecule has 6 heterocycles. The van der Waals surface area contributed by atoms with Gasteiger partial charge in [0.25, 0.3) is 0 Å². The molecule has 6 aliphatic rings. The van der Waals surface area contributed by atoms with E-state index in [-0.39, 0.29) is 12.0 Å². The van der Waals surface area contributed by atoms with Crippen LogP contribution >= 0.6 is 7.82 Å². The third-order valence-corrected chi connectivity index (χ3v) is 15.6. The van der Waals surface area contributed by atoms with Crippen LogP contribution in [-0.4, -0.2) is 133 Å². The van der Waals surface area contributed by atoms with Crippen molar-refractivity contribution < 1.29 is 62.8 Å². The van der Waals surface area contributed by atoms with Gasteiger partial charge in [-0.05, 0) is 74.2 Å². The van der Waals surface area contributed by atoms with Gasteiger partial charge in [0.1, 0.15) is 11.2 Å². The number of anilines is 1. The molecule has 2 bridgehead atoms. The fourth-order valence-corrected chi connectivity index (χ4v) is 13.5. The van der Waals surface area contributed by atoms with Gasteiger partial charge in [-0.15, -0.1) is 0 Å². The van der Waals surface area contributed by atoms with E-state index in [0.29, 0.717) is 82.6 Å². The number of phosphoric acid groups is 1. The summed E-state index contributed by atoms with van der Waals surface area (Å²) in [5.41, 5.74) is -1.62. The highest BCUT2D eigenvalue weighted by Gasteiger charge is 2.80. The lowest BCUT2D eigenvalue weighted by Crippen LogP contribution is -2.81. The van der Waals surface area contributed by atoms with Crippen molar-refractivity contribution in [3.8, 4) is 5.75 Å². The number of carbonyl (C=O) groups is 3. The summed E-state index contributed by atoms with van der Waals surface area (Å²) in [6, 6.07) is 11.0. The molecule has 2 aromatic carbocycles. The van der Waals surface area contributed by atoms with E-state index in [1.54, 1.807) is 7.11 Å². The number of likely N-dealkylation sites (N-methyl/N-ethyl adjacent to an activating group) is 1. The number of hydrogen-bond acceptors (Lipinski definition) is 16. The Bertz CT molecular complexity index is 2430. The van der Waals surface area contributed by atoms with Gasteiger partial charge in [-0.25, -0.2) is 4.79 Å². The first kappa shape index (κ1) is 46.2. The lowest BCUT2D eigenvalue weighted by molar-refractivity contribution is -0.432. The van der Waals surface area contributed by atoms with E-state index in [1.807, 2.05) is 50.1 Å². The average molecular weight is 906 g/mol. The van der Waals surface area contributed by atoms with E-state index in [0.717, 1.165) is 33.4 Å². The molecular formula is C46H58N4O13P-3. The minimum atomic E-state index is -5.39. The minimum absolute atomic E-state index is 0.0986. The molecule has 9 rings (SSSR count). The van der Waals surface area contributed by atoms with Crippen molar-refractivity contribution in [1.29, 1.82) is 0 Å². The zero-order chi connectivity index (χ0) is 46.4. The summed E-state index contributed by atoms with van der Waals surface area (Å²) >= 11 is 0. The predicted molar refractivity (Wildman–Crippen MR) is 228 cm³/mol. The third-order valence-electron chi connectivity index (χ3n) is 15.6. The van der Waals surface area contributed by atoms with Crippen molar-refractivity contribution in [3.05, 3.63) is 70.9 Å². The van der Waals surface area contributed by atoms with E-state index in [2.05, 4.69) is 39.1 Å². The second-order valence-corrected chi connectivity index (χ2v) is 19.5. The van der Waals surface area contributed by atoms with Gasteiger partial charge in [-0.2, -0.15) is 7.82 Å². The van der Waals surface area contributed by atoms with Gasteiger partial charge < -0.3 is 58.3 Å². The number of esters is 3. The molecule has 3 aromatic rings. The third kappa shape index (κ3) is 6.75. The monoisotopic (exact) mass is 905 g/mol. The van der Waals surface area contributed by atoms with Crippen LogP contribution < -0.4 is 24.3 Å². The summed E-state index contributed by atoms with van der Waals surface area (Å²) < 4.78 is 32.5. The zero-order valence-corrected chi connectivity index (χ0v) is 38.3. The van der Waals surface area contributed by atoms with Crippen LogP contribution in [-0.2, 0) is 50.4 Å². The van der Waals surface area contributed by atoms with Crippen LogP contribution in [0.3, 0.4) is 0 Å². The van der Waals surface area contributed by atoms with E-state index in [1.165, 1.54) is 21.1 Å². The van der Waals surface area contributed by atoms with Gasteiger partial charge in [-0.3, -0.25) is 19.4 Å². The van der Waals surface area contributed by atoms with Crippen LogP contribution in [0.5, 0.6) is 5.75 Å². The fraction of sp³-hybridized carbons (Fsp3) is 0.587. The molecule has 1 spiro atoms. The number of aliphatic hydroxyl groups is 2. The van der Waals surface area contributed by atoms with E-state index < -0.39 is 65.3 Å². The summed E-state index contributed by atoms with van der Waals surface area (Å²) in [6.45, 7) is 8.62. The van der Waals surface area contributed by atoms with Gasteiger partial charge in [0.05, 0.1) is 33.0 Å². The SMILES string of the molecule is CC[C@]1(O)C[C@H]2CN(CCc3c([nH]c4ccccc34)[C@@](C(=O)OC)(c3cc4c(cc3OC)N(C)[C@H]3[C@@](O)(C(=O)OC)[C@H](OC(C)=O)[C@]5(CC)C=CCN6CC[C@]43[C@@H]65)C2)C1.O=P([O-])([O-])[O-]. The van der Waals surface area contributed by atoms with E-state index >= 15 is 4.79 Å². The smallest absolute Gasteiger partial charge is 0.344 e. The highest BCUT2D eigenvalue weighted by molar-refractivity contribution is 7.40. The standard InChI is InChI=1S/C46H58N4O9.H3O4P/c1-8-42(54)23-28-24-45(40(52)57-6,36-30(15-19-49(25-28)26-42)29-13-10-11-14-33(29)47-36)32-21-31-34(22-35(32)56-5)48(4)38-44(31)17-20-50-18-12-16-43(9-2,37(44)50)39(59-27(3)51)46(38,55)41(53)58-7;1-5(2,3)4/h10-14,16,21-22,28,37-39,47,54-55H,8-9,15,17-20,23-26H2,1-7H3;(H3,1,2,3,4)/p-3/t28-,37+,38-,39-,42+,43-,44-,45+,46+;/m1./s1. The van der Waals surface area contributed by atoms with Crippen LogP contribution in [0.25, 0.3) is 10.9 Å². The Balaban J connectivity index is 0.00000106. The Labute approximate surface area is 372 Å². The molecular weight excluding hydrogens is 847 g/mol. The van der Waals surface area contributed by atoms with Crippen molar-refractivity contribution in [3.63, 3.8) is 0 Å². The minimum Gasteiger partial charge on any atom is -0.822 e. The molecule has 3 N–H and O–H groups in total. The number of para-hydroxylation sites is 1. The number of nitrogens with zero attached hydrogens (tertiary/aromatic N) is 3. The number of aromatic nitrogens is 1. The highest BCUT2D eigenvalue weighted by Crippen LogP contribution is 2.68. The highest BCUT2D eigenvalue weighted by atomic mass is 31.2. The number of rotatable bonds is 7. The van der Waals surface area contributed by atoms with E-state index in [9.17, 15) is 19.8 Å². The molecule has 17 nitrogen and oxygen atoms in total. The summed E-state index contributed by atoms with van der Waals surface area (Å²) in [5.74, 6) is -1.56. The van der Waals surface area contributed by atoms with Gasteiger partial charge in [0, 0.05) is 90.9 Å². The number of benzene rings is 2. The molecule has 1 aromatic heterocycles. The molecule has 1 unspecified atom stereocenters. The van der Waals surface area contributed by atoms with Crippen molar-refractivity contribution in [1.82, 2.24) is 14.8 Å². The molecule has 0 amide bonds. The molecule has 2 saturated heterocycles. The number of fused-ring (bicyclic) bond motifs is 6. The lowest BCUT2D eigenvalue weighted by atomic mass is 9.47. The average Bonchev–Trinajstić information content (AvgIpc) is 3.92. The Morgan fingerprint density at radius 3 is 2.30 bits per heavy atom. The normalized spacial score (nSPS) is 35.0. The number of carbonyl (C=O) groups excluding carboxylic acids is 3. The van der Waals surface area contributed by atoms with Crippen LogP contribution in [0.4, 0.5) is 5.69 Å². The van der Waals surface area contributed by atoms with Crippen molar-refractivity contribution in [2.24, 2.45) is 11.3 Å². The molecule has 3 fully saturated rings. The molecule has 1 saturated carbocycles. The first-order valence-corrected chi connectivity index (χ1v) is 23.4. The Morgan fingerprint density at radius 1 is 0.953 bits per heavy atom. The van der Waals surface area contributed by atoms with Crippen LogP contribution in [0.1, 0.15) is 75.3 Å². The molecule has 1 aliphatic carbocycles. The van der Waals surface area contributed by atoms with E-state index in [4.69, 9.17) is 38.2 Å². The lowest BCUT2D eigenvalue weighted by Gasteiger charge is -2.63. The number of nitrogens with one attached hydrogen (secondary N) is 1. The molecule has 348 valence electrons. The number of H-pyrrole nitrogens is 1. The zero-order valence-electron chi connectivity index (χ0n) is 37.4. The topological polar surface area (TPSA) is 240 Å². The molecule has 5 aliphatic heterocycles. The molecule has 0 radical (unpaired) electrons. The number of hydrogen-bond donors (Lipinski definition) is 3. The molecule has 64 heavy (non-hydrogen) atoms. The maximum Gasteiger partial charge on any atom is 0.344 e. The van der Waals surface area contributed by atoms with Crippen molar-refractivity contribution in [2.45, 2.75) is 99.5 Å². The predicted octanol–water partition coefficient (Wildman–Crippen LogP) is 1.17. The van der Waals surface area contributed by atoms with Crippen LogP contribution in [0, 0.1) is 11.3 Å². The first-order chi connectivity index (χ1) is 30.2. The molecule has 18 heteroatoms. The van der Waals surface area contributed by atoms with Crippen LogP contribution in [0.15, 0.2) is 48.6 Å². The quantitative estimate of drug-likeness (QED) is 0.131. The maximum atomic E-state index is 15.3. The largest absolute Gasteiger partial charge is 0.822 e. The number of piperidine rings is 1. The van der Waals surface area contributed by atoms with Gasteiger partial charge in [0.15, 0.2) is 6.10 Å². The first-order valence-electron chi connectivity index (χ1n) is 21.9. The Hall–Kier alpha value is -4.32. The van der Waals surface area contributed by atoms with Crippen LogP contribution in [0.2, 0.25) is 0 Å². The second kappa shape index (κ2) is 16.2. The summed E-state index contributed by atoms with van der Waals surface area (Å²) in [4.78, 5) is 78.8. The number of ether oxygens (including phenoxy) is 4. The van der Waals surface area contributed by atoms with Crippen molar-refractivity contribution >= 4 is 42.3 Å². The maximum absolute atomic E-state index is 15.3. The van der Waals surface area contributed by atoms with Crippen molar-refractivity contribution in [2.75, 3.05) is 66.0 Å². The second-order valence-electron chi connectivity index (χ2n) is 18.7. The summed E-state index contributed by atoms with van der Waals surface area (Å²) in [5, 5.41) is 26.3. The number of aromatic amines is 1. The van der Waals surface area contributed by atoms with Gasteiger partial charge in [0.2, 0.25) is 5.60 Å². The van der Waals surface area contributed by atoms with Gasteiger partial charge >= 0.3 is 17.9 Å². The Kier molecular flexibility index (Phi) is 11.7. The number of methoxy groups -OCH3 is 3. The van der Waals surface area contributed by atoms with Gasteiger partial charge in [-0.1, -0.05) is 44.2 Å². The molecule has 10 atom stereocenters. The fourth-order valence-electron chi connectivity index (χ4n) is 13.5. The summed E-state index contributed by atoms with van der Waals surface area (Å²) in [6.07, 6.45) is 5.94. The Morgan fingerprint density at radius 2 is 1.66 bits per heavy atom. The summed E-state index contributed by atoms with van der Waals surface area (Å²) in [7, 11) is 0.764.